The summed E-state index contributed by atoms with van der Waals surface area (Å²) in [5.41, 5.74) is 8.68. The number of nitrogens with zero attached hydrogens (tertiary/aromatic N) is 5. The Kier molecular flexibility index (Phi) is 5.30. The molecule has 5 heterocycles. The molecule has 0 aliphatic rings. The Morgan fingerprint density at radius 3 is 2.58 bits per heavy atom. The Labute approximate surface area is 207 Å². The number of hydrogen-bond acceptors (Lipinski definition) is 5. The van der Waals surface area contributed by atoms with Crippen molar-refractivity contribution in [3.05, 3.63) is 84.2 Å². The molecule has 0 saturated heterocycles. The Bertz CT molecular complexity index is 1710. The van der Waals surface area contributed by atoms with Gasteiger partial charge in [-0.3, -0.25) is 10.1 Å². The molecule has 0 saturated carbocycles. The fourth-order valence-corrected chi connectivity index (χ4v) is 4.67. The second-order valence-electron chi connectivity index (χ2n) is 9.33. The molecule has 6 aromatic rings. The first-order valence-corrected chi connectivity index (χ1v) is 11.6. The maximum Gasteiger partial charge on any atom is 0.181 e. The van der Waals surface area contributed by atoms with Crippen molar-refractivity contribution in [3.8, 4) is 33.6 Å². The van der Waals surface area contributed by atoms with Crippen LogP contribution in [0.4, 0.5) is 4.39 Å². The lowest BCUT2D eigenvalue weighted by atomic mass is 10.0. The van der Waals surface area contributed by atoms with Crippen molar-refractivity contribution in [1.29, 1.82) is 0 Å². The molecular weight excluding hydrogens is 453 g/mol. The van der Waals surface area contributed by atoms with Gasteiger partial charge in [-0.15, -0.1) is 0 Å². The average Bonchev–Trinajstić information content (AvgIpc) is 3.46. The minimum atomic E-state index is -0.256. The molecule has 0 unspecified atom stereocenters. The summed E-state index contributed by atoms with van der Waals surface area (Å²) in [5, 5.41) is 9.34. The first kappa shape index (κ1) is 22.1. The number of nitrogens with one attached hydrogen (secondary N) is 2. The summed E-state index contributed by atoms with van der Waals surface area (Å²) in [5.74, 6) is -0.256. The summed E-state index contributed by atoms with van der Waals surface area (Å²) in [7, 11) is 4.07. The lowest BCUT2D eigenvalue weighted by molar-refractivity contribution is 0.402. The van der Waals surface area contributed by atoms with E-state index in [4.69, 9.17) is 0 Å². The van der Waals surface area contributed by atoms with Gasteiger partial charge in [-0.2, -0.15) is 5.10 Å². The Morgan fingerprint density at radius 1 is 0.889 bits per heavy atom. The molecule has 178 valence electrons. The normalized spacial score (nSPS) is 11.7. The molecule has 1 aromatic carbocycles. The zero-order valence-electron chi connectivity index (χ0n) is 20.2. The van der Waals surface area contributed by atoms with Gasteiger partial charge in [0.05, 0.1) is 11.4 Å². The first-order chi connectivity index (χ1) is 17.4. The van der Waals surface area contributed by atoms with Crippen molar-refractivity contribution in [3.63, 3.8) is 0 Å². The molecule has 0 bridgehead atoms. The van der Waals surface area contributed by atoms with Gasteiger partial charge in [-0.25, -0.2) is 14.4 Å². The van der Waals surface area contributed by atoms with Crippen LogP contribution in [0.3, 0.4) is 0 Å². The number of aromatic nitrogens is 6. The number of H-pyrrole nitrogens is 2. The van der Waals surface area contributed by atoms with Crippen LogP contribution in [-0.4, -0.2) is 49.1 Å². The molecule has 0 atom stereocenters. The van der Waals surface area contributed by atoms with Crippen molar-refractivity contribution < 1.29 is 4.39 Å². The fraction of sp³-hybridized carbons (Fsp3) is 0.143. The summed E-state index contributed by atoms with van der Waals surface area (Å²) in [4.78, 5) is 19.0. The lowest BCUT2D eigenvalue weighted by Crippen LogP contribution is -2.10. The Morgan fingerprint density at radius 2 is 1.75 bits per heavy atom. The van der Waals surface area contributed by atoms with Crippen LogP contribution in [0.1, 0.15) is 11.1 Å². The highest BCUT2D eigenvalue weighted by molar-refractivity contribution is 5.99. The zero-order valence-corrected chi connectivity index (χ0v) is 20.2. The third-order valence-electron chi connectivity index (χ3n) is 6.19. The third kappa shape index (κ3) is 4.01. The van der Waals surface area contributed by atoms with Crippen molar-refractivity contribution in [2.45, 2.75) is 13.5 Å². The van der Waals surface area contributed by atoms with Crippen LogP contribution in [0, 0.1) is 12.7 Å². The topological polar surface area (TPSA) is 86.4 Å². The van der Waals surface area contributed by atoms with Crippen LogP contribution in [0.25, 0.3) is 55.7 Å². The number of aryl methyl sites for hydroxylation is 1. The maximum atomic E-state index is 14.1. The van der Waals surface area contributed by atoms with Crippen molar-refractivity contribution in [1.82, 2.24) is 35.0 Å². The first-order valence-electron chi connectivity index (χ1n) is 11.6. The van der Waals surface area contributed by atoms with Gasteiger partial charge in [0.1, 0.15) is 11.5 Å². The van der Waals surface area contributed by atoms with Gasteiger partial charge in [-0.1, -0.05) is 6.07 Å². The van der Waals surface area contributed by atoms with Gasteiger partial charge in [-0.05, 0) is 79.7 Å². The third-order valence-corrected chi connectivity index (χ3v) is 6.19. The highest BCUT2D eigenvalue weighted by Gasteiger charge is 2.16. The maximum absolute atomic E-state index is 14.1. The van der Waals surface area contributed by atoms with E-state index in [0.29, 0.717) is 5.65 Å². The van der Waals surface area contributed by atoms with Crippen LogP contribution in [0.2, 0.25) is 0 Å². The molecule has 0 radical (unpaired) electrons. The standard InChI is InChI=1S/C28H24FN7/c1-16-6-18(9-21(29)7-16)22-4-5-31-27-23(22)11-25(33-27)26-24-10-20(14-32-28(24)35-34-26)19-8-17(12-30-13-19)15-36(2)3/h4-14H,15H2,1-3H3,(H,31,33)(H,32,34,35). The predicted molar refractivity (Wildman–Crippen MR) is 140 cm³/mol. The van der Waals surface area contributed by atoms with E-state index in [1.54, 1.807) is 12.3 Å². The van der Waals surface area contributed by atoms with Gasteiger partial charge in [0.15, 0.2) is 5.65 Å². The van der Waals surface area contributed by atoms with Crippen LogP contribution < -0.4 is 0 Å². The highest BCUT2D eigenvalue weighted by atomic mass is 19.1. The van der Waals surface area contributed by atoms with Crippen LogP contribution >= 0.6 is 0 Å². The minimum absolute atomic E-state index is 0.256. The summed E-state index contributed by atoms with van der Waals surface area (Å²) in [6.07, 6.45) is 7.28. The number of benzene rings is 1. The lowest BCUT2D eigenvalue weighted by Gasteiger charge is -2.10. The number of halogens is 1. The van der Waals surface area contributed by atoms with E-state index in [9.17, 15) is 4.39 Å². The van der Waals surface area contributed by atoms with Gasteiger partial charge < -0.3 is 9.88 Å². The number of hydrogen-bond donors (Lipinski definition) is 2. The molecule has 5 aromatic heterocycles. The SMILES string of the molecule is Cc1cc(F)cc(-c2ccnc3[nH]c(-c4[nH]nc5ncc(-c6cncc(CN(C)C)c6)cc45)cc23)c1. The molecule has 8 heteroatoms. The van der Waals surface area contributed by atoms with E-state index in [1.165, 1.54) is 6.07 Å². The molecule has 2 N–H and O–H groups in total. The van der Waals surface area contributed by atoms with E-state index in [1.807, 2.05) is 57.8 Å². The molecule has 0 spiro atoms. The fourth-order valence-electron chi connectivity index (χ4n) is 4.67. The summed E-state index contributed by atoms with van der Waals surface area (Å²) in [6.45, 7) is 2.70. The molecule has 0 amide bonds. The van der Waals surface area contributed by atoms with Crippen molar-refractivity contribution in [2.24, 2.45) is 0 Å². The molecule has 0 fully saturated rings. The van der Waals surface area contributed by atoms with Gasteiger partial charge in [0.25, 0.3) is 0 Å². The van der Waals surface area contributed by atoms with Crippen LogP contribution in [0.5, 0.6) is 0 Å². The number of pyridine rings is 3. The van der Waals surface area contributed by atoms with E-state index < -0.39 is 0 Å². The Balaban J connectivity index is 1.45. The summed E-state index contributed by atoms with van der Waals surface area (Å²) < 4.78 is 14.1. The van der Waals surface area contributed by atoms with Gasteiger partial charge in [0.2, 0.25) is 0 Å². The average molecular weight is 478 g/mol. The van der Waals surface area contributed by atoms with Crippen molar-refractivity contribution in [2.75, 3.05) is 14.1 Å². The molecule has 36 heavy (non-hydrogen) atoms. The smallest absolute Gasteiger partial charge is 0.181 e. The van der Waals surface area contributed by atoms with Crippen LogP contribution in [-0.2, 0) is 6.54 Å². The summed E-state index contributed by atoms with van der Waals surface area (Å²) >= 11 is 0. The zero-order chi connectivity index (χ0) is 24.8. The predicted octanol–water partition coefficient (Wildman–Crippen LogP) is 5.74. The second kappa shape index (κ2) is 8.66. The summed E-state index contributed by atoms with van der Waals surface area (Å²) in [6, 6.07) is 13.2. The molecule has 0 aliphatic heterocycles. The second-order valence-corrected chi connectivity index (χ2v) is 9.33. The van der Waals surface area contributed by atoms with E-state index >= 15 is 0 Å². The van der Waals surface area contributed by atoms with E-state index in [0.717, 1.165) is 67.7 Å². The van der Waals surface area contributed by atoms with Crippen molar-refractivity contribution >= 4 is 22.1 Å². The minimum Gasteiger partial charge on any atom is -0.338 e. The monoisotopic (exact) mass is 477 g/mol. The molecule has 7 nitrogen and oxygen atoms in total. The molecule has 0 aliphatic carbocycles. The quantitative estimate of drug-likeness (QED) is 0.331. The number of rotatable bonds is 5. The van der Waals surface area contributed by atoms with E-state index in [2.05, 4.69) is 47.2 Å². The molecular formula is C28H24FN7. The van der Waals surface area contributed by atoms with E-state index in [-0.39, 0.29) is 5.82 Å². The number of fused-ring (bicyclic) bond motifs is 2. The Hall–Kier alpha value is -4.43. The number of aromatic amines is 2. The van der Waals surface area contributed by atoms with Crippen LogP contribution in [0.15, 0.2) is 67.3 Å². The highest BCUT2D eigenvalue weighted by Crippen LogP contribution is 2.34. The van der Waals surface area contributed by atoms with Gasteiger partial charge in [0, 0.05) is 53.2 Å². The van der Waals surface area contributed by atoms with Gasteiger partial charge >= 0.3 is 0 Å². The largest absolute Gasteiger partial charge is 0.338 e. The molecule has 6 rings (SSSR count).